The van der Waals surface area contributed by atoms with Gasteiger partial charge in [-0.2, -0.15) is 0 Å². The van der Waals surface area contributed by atoms with Crippen molar-refractivity contribution in [3.63, 3.8) is 0 Å². The maximum atomic E-state index is 13.4. The number of nitrogens with zero attached hydrogens (tertiary/aromatic N) is 1. The first-order valence-electron chi connectivity index (χ1n) is 5.91. The van der Waals surface area contributed by atoms with Gasteiger partial charge in [0, 0.05) is 29.4 Å². The molecular formula is C14H12F2N2O2. The van der Waals surface area contributed by atoms with E-state index in [1.165, 1.54) is 12.1 Å². The minimum atomic E-state index is -0.654. The molecule has 0 saturated heterocycles. The third kappa shape index (κ3) is 2.90. The second-order valence-electron chi connectivity index (χ2n) is 4.31. The number of nitrogens with one attached hydrogen (secondary N) is 1. The molecule has 0 aliphatic carbocycles. The Morgan fingerprint density at radius 1 is 1.20 bits per heavy atom. The van der Waals surface area contributed by atoms with Crippen LogP contribution in [0.25, 0.3) is 0 Å². The Bertz CT molecular complexity index is 639. The molecule has 0 bridgehead atoms. The van der Waals surface area contributed by atoms with Crippen LogP contribution >= 0.6 is 0 Å². The third-order valence-electron chi connectivity index (χ3n) is 2.94. The van der Waals surface area contributed by atoms with Crippen LogP contribution < -0.4 is 5.32 Å². The van der Waals surface area contributed by atoms with Gasteiger partial charge >= 0.3 is 0 Å². The summed E-state index contributed by atoms with van der Waals surface area (Å²) in [7, 11) is 0. The van der Waals surface area contributed by atoms with Crippen LogP contribution in [0.15, 0.2) is 36.4 Å². The van der Waals surface area contributed by atoms with Crippen LogP contribution in [0.4, 0.5) is 20.2 Å². The average Bonchev–Trinajstić information content (AvgIpc) is 2.39. The summed E-state index contributed by atoms with van der Waals surface area (Å²) < 4.78 is 26.9. The van der Waals surface area contributed by atoms with Gasteiger partial charge in [-0.3, -0.25) is 10.1 Å². The second-order valence-corrected chi connectivity index (χ2v) is 4.31. The van der Waals surface area contributed by atoms with Crippen LogP contribution in [-0.2, 0) is 6.54 Å². The van der Waals surface area contributed by atoms with Crippen molar-refractivity contribution in [3.05, 3.63) is 69.3 Å². The summed E-state index contributed by atoms with van der Waals surface area (Å²) in [6.45, 7) is 1.54. The van der Waals surface area contributed by atoms with Crippen LogP contribution in [0.3, 0.4) is 0 Å². The van der Waals surface area contributed by atoms with Crippen molar-refractivity contribution in [2.24, 2.45) is 0 Å². The van der Waals surface area contributed by atoms with Crippen molar-refractivity contribution in [1.29, 1.82) is 0 Å². The highest BCUT2D eigenvalue weighted by atomic mass is 19.1. The molecule has 0 fully saturated rings. The molecule has 0 unspecified atom stereocenters. The lowest BCUT2D eigenvalue weighted by molar-refractivity contribution is -0.385. The topological polar surface area (TPSA) is 55.2 Å². The van der Waals surface area contributed by atoms with E-state index in [9.17, 15) is 18.9 Å². The van der Waals surface area contributed by atoms with Crippen LogP contribution in [-0.4, -0.2) is 4.92 Å². The van der Waals surface area contributed by atoms with E-state index in [-0.39, 0.29) is 17.8 Å². The number of halogens is 2. The molecule has 2 aromatic carbocycles. The van der Waals surface area contributed by atoms with E-state index < -0.39 is 16.6 Å². The van der Waals surface area contributed by atoms with Crippen LogP contribution in [0.5, 0.6) is 0 Å². The monoisotopic (exact) mass is 278 g/mol. The van der Waals surface area contributed by atoms with Gasteiger partial charge in [-0.05, 0) is 25.1 Å². The van der Waals surface area contributed by atoms with E-state index >= 15 is 0 Å². The normalized spacial score (nSPS) is 10.3. The molecule has 0 heterocycles. The third-order valence-corrected chi connectivity index (χ3v) is 2.94. The fourth-order valence-corrected chi connectivity index (χ4v) is 1.81. The van der Waals surface area contributed by atoms with Crippen molar-refractivity contribution in [2.45, 2.75) is 13.5 Å². The molecule has 4 nitrogen and oxygen atoms in total. The molecule has 104 valence electrons. The van der Waals surface area contributed by atoms with Gasteiger partial charge in [0.15, 0.2) is 0 Å². The minimum absolute atomic E-state index is 0.0380. The van der Waals surface area contributed by atoms with E-state index in [1.54, 1.807) is 19.1 Å². The first-order valence-corrected chi connectivity index (χ1v) is 5.91. The lowest BCUT2D eigenvalue weighted by Gasteiger charge is -2.09. The molecule has 0 radical (unpaired) electrons. The quantitative estimate of drug-likeness (QED) is 0.683. The van der Waals surface area contributed by atoms with Crippen LogP contribution in [0, 0.1) is 28.7 Å². The minimum Gasteiger partial charge on any atom is -0.381 e. The summed E-state index contributed by atoms with van der Waals surface area (Å²) >= 11 is 0. The fraction of sp³-hybridized carbons (Fsp3) is 0.143. The molecular weight excluding hydrogens is 266 g/mol. The Balaban J connectivity index is 2.19. The summed E-state index contributed by atoms with van der Waals surface area (Å²) in [5.74, 6) is -1.31. The van der Waals surface area contributed by atoms with Crippen molar-refractivity contribution >= 4 is 11.4 Å². The van der Waals surface area contributed by atoms with Crippen molar-refractivity contribution in [2.75, 3.05) is 5.32 Å². The SMILES string of the molecule is Cc1ccc(NCc2c(F)cccc2F)cc1[N+](=O)[O-]. The Hall–Kier alpha value is -2.50. The molecule has 6 heteroatoms. The zero-order chi connectivity index (χ0) is 14.7. The maximum absolute atomic E-state index is 13.4. The lowest BCUT2D eigenvalue weighted by Crippen LogP contribution is -2.05. The highest BCUT2D eigenvalue weighted by molar-refractivity contribution is 5.55. The van der Waals surface area contributed by atoms with Gasteiger partial charge in [-0.25, -0.2) is 8.78 Å². The van der Waals surface area contributed by atoms with E-state index in [0.29, 0.717) is 11.3 Å². The summed E-state index contributed by atoms with van der Waals surface area (Å²) in [5, 5.41) is 13.6. The molecule has 0 aromatic heterocycles. The van der Waals surface area contributed by atoms with Crippen LogP contribution in [0.1, 0.15) is 11.1 Å². The summed E-state index contributed by atoms with van der Waals surface area (Å²) in [6, 6.07) is 8.16. The average molecular weight is 278 g/mol. The first kappa shape index (κ1) is 13.9. The highest BCUT2D eigenvalue weighted by Gasteiger charge is 2.12. The second kappa shape index (κ2) is 5.64. The molecule has 0 saturated carbocycles. The number of aryl methyl sites for hydroxylation is 1. The maximum Gasteiger partial charge on any atom is 0.274 e. The zero-order valence-corrected chi connectivity index (χ0v) is 10.7. The zero-order valence-electron chi connectivity index (χ0n) is 10.7. The molecule has 0 spiro atoms. The van der Waals surface area contributed by atoms with Crippen molar-refractivity contribution in [3.8, 4) is 0 Å². The van der Waals surface area contributed by atoms with Gasteiger partial charge in [0.1, 0.15) is 11.6 Å². The van der Waals surface area contributed by atoms with Gasteiger partial charge in [-0.1, -0.05) is 12.1 Å². The van der Waals surface area contributed by atoms with Gasteiger partial charge < -0.3 is 5.32 Å². The molecule has 0 aliphatic rings. The summed E-state index contributed by atoms with van der Waals surface area (Å²) in [5.41, 5.74) is 0.822. The molecule has 1 N–H and O–H groups in total. The number of rotatable bonds is 4. The van der Waals surface area contributed by atoms with Gasteiger partial charge in [-0.15, -0.1) is 0 Å². The van der Waals surface area contributed by atoms with Crippen LogP contribution in [0.2, 0.25) is 0 Å². The van der Waals surface area contributed by atoms with E-state index in [1.807, 2.05) is 0 Å². The number of anilines is 1. The largest absolute Gasteiger partial charge is 0.381 e. The Labute approximate surface area is 114 Å². The standard InChI is InChI=1S/C14H12F2N2O2/c1-9-5-6-10(7-14(9)18(19)20)17-8-11-12(15)3-2-4-13(11)16/h2-7,17H,8H2,1H3. The number of nitro groups is 1. The Kier molecular flexibility index (Phi) is 3.93. The fourth-order valence-electron chi connectivity index (χ4n) is 1.81. The molecule has 2 aromatic rings. The van der Waals surface area contributed by atoms with Gasteiger partial charge in [0.2, 0.25) is 0 Å². The molecule has 0 atom stereocenters. The van der Waals surface area contributed by atoms with Crippen molar-refractivity contribution in [1.82, 2.24) is 0 Å². The number of nitro benzene ring substituents is 1. The predicted octanol–water partition coefficient (Wildman–Crippen LogP) is 3.79. The number of benzene rings is 2. The lowest BCUT2D eigenvalue weighted by atomic mass is 10.1. The van der Waals surface area contributed by atoms with E-state index in [4.69, 9.17) is 0 Å². The Morgan fingerprint density at radius 3 is 2.45 bits per heavy atom. The molecule has 20 heavy (non-hydrogen) atoms. The summed E-state index contributed by atoms with van der Waals surface area (Å²) in [6.07, 6.45) is 0. The predicted molar refractivity (Wildman–Crippen MR) is 71.5 cm³/mol. The smallest absolute Gasteiger partial charge is 0.274 e. The Morgan fingerprint density at radius 2 is 1.85 bits per heavy atom. The van der Waals surface area contributed by atoms with Crippen molar-refractivity contribution < 1.29 is 13.7 Å². The van der Waals surface area contributed by atoms with Gasteiger partial charge in [0.05, 0.1) is 4.92 Å². The van der Waals surface area contributed by atoms with E-state index in [2.05, 4.69) is 5.32 Å². The van der Waals surface area contributed by atoms with Gasteiger partial charge in [0.25, 0.3) is 5.69 Å². The summed E-state index contributed by atoms with van der Waals surface area (Å²) in [4.78, 5) is 10.3. The molecule has 0 aliphatic heterocycles. The number of hydrogen-bond donors (Lipinski definition) is 1. The van der Waals surface area contributed by atoms with E-state index in [0.717, 1.165) is 12.1 Å². The first-order chi connectivity index (χ1) is 9.49. The molecule has 0 amide bonds. The highest BCUT2D eigenvalue weighted by Crippen LogP contribution is 2.23. The molecule has 2 rings (SSSR count). The number of hydrogen-bond acceptors (Lipinski definition) is 3.